The Morgan fingerprint density at radius 3 is 2.45 bits per heavy atom. The summed E-state index contributed by atoms with van der Waals surface area (Å²) in [5.74, 6) is -1.01. The Labute approximate surface area is 121 Å². The number of carboxylic acid groups (broad SMARTS) is 1. The first-order chi connectivity index (χ1) is 9.54. The van der Waals surface area contributed by atoms with Crippen LogP contribution in [0.3, 0.4) is 0 Å². The molecule has 0 bridgehead atoms. The minimum absolute atomic E-state index is 0.228. The lowest BCUT2D eigenvalue weighted by molar-refractivity contribution is -0.140. The molecule has 0 aromatic heterocycles. The summed E-state index contributed by atoms with van der Waals surface area (Å²) in [6.45, 7) is 1.28. The van der Waals surface area contributed by atoms with E-state index in [4.69, 9.17) is 5.11 Å². The number of rotatable bonds is 8. The van der Waals surface area contributed by atoms with Gasteiger partial charge in [0.05, 0.1) is 0 Å². The molecule has 0 radical (unpaired) electrons. The van der Waals surface area contributed by atoms with Crippen LogP contribution in [0.4, 0.5) is 0 Å². The zero-order valence-corrected chi connectivity index (χ0v) is 11.9. The molecule has 2 N–H and O–H groups in total. The molecule has 2 atom stereocenters. The SMILES string of the molecule is CC(=O)N[C@@H](CSCC(C=O)c1ccccc1)C(=O)O. The van der Waals surface area contributed by atoms with Crippen molar-refractivity contribution in [2.24, 2.45) is 0 Å². The molecule has 20 heavy (non-hydrogen) atoms. The van der Waals surface area contributed by atoms with E-state index in [9.17, 15) is 14.4 Å². The van der Waals surface area contributed by atoms with Gasteiger partial charge >= 0.3 is 5.97 Å². The average molecular weight is 295 g/mol. The molecule has 0 aliphatic heterocycles. The van der Waals surface area contributed by atoms with Gasteiger partial charge in [-0.1, -0.05) is 30.3 Å². The Hall–Kier alpha value is -1.82. The number of nitrogens with one attached hydrogen (secondary N) is 1. The van der Waals surface area contributed by atoms with E-state index in [0.717, 1.165) is 11.8 Å². The first kappa shape index (κ1) is 16.2. The predicted molar refractivity (Wildman–Crippen MR) is 77.8 cm³/mol. The monoisotopic (exact) mass is 295 g/mol. The van der Waals surface area contributed by atoms with Crippen LogP contribution in [0.15, 0.2) is 30.3 Å². The maximum Gasteiger partial charge on any atom is 0.327 e. The largest absolute Gasteiger partial charge is 0.480 e. The molecule has 5 nitrogen and oxygen atoms in total. The predicted octanol–water partition coefficient (Wildman–Crippen LogP) is 1.29. The standard InChI is InChI=1S/C14H17NO4S/c1-10(17)15-13(14(18)19)9-20-8-12(7-16)11-5-3-2-4-6-11/h2-7,12-13H,8-9H2,1H3,(H,15,17)(H,18,19)/t12?,13-/m0/s1. The summed E-state index contributed by atoms with van der Waals surface area (Å²) in [6.07, 6.45) is 0.858. The molecule has 6 heteroatoms. The van der Waals surface area contributed by atoms with Gasteiger partial charge in [0.1, 0.15) is 12.3 Å². The second kappa shape index (κ2) is 8.37. The number of aldehydes is 1. The Kier molecular flexibility index (Phi) is 6.79. The van der Waals surface area contributed by atoms with Crippen molar-refractivity contribution in [3.63, 3.8) is 0 Å². The maximum absolute atomic E-state index is 11.1. The number of carbonyl (C=O) groups is 3. The van der Waals surface area contributed by atoms with Crippen molar-refractivity contribution < 1.29 is 19.5 Å². The molecule has 1 amide bonds. The molecular formula is C14H17NO4S. The van der Waals surface area contributed by atoms with Gasteiger partial charge in [-0.25, -0.2) is 4.79 Å². The fraction of sp³-hybridized carbons (Fsp3) is 0.357. The van der Waals surface area contributed by atoms with E-state index in [2.05, 4.69) is 5.32 Å². The molecule has 0 aliphatic carbocycles. The third kappa shape index (κ3) is 5.44. The number of benzene rings is 1. The average Bonchev–Trinajstić information content (AvgIpc) is 2.42. The van der Waals surface area contributed by atoms with Crippen molar-refractivity contribution in [1.82, 2.24) is 5.32 Å². The molecule has 0 saturated heterocycles. The Bertz CT molecular complexity index is 464. The van der Waals surface area contributed by atoms with Crippen molar-refractivity contribution >= 4 is 29.9 Å². The van der Waals surface area contributed by atoms with Gasteiger partial charge in [-0.3, -0.25) is 4.79 Å². The van der Waals surface area contributed by atoms with E-state index in [0.29, 0.717) is 5.75 Å². The first-order valence-electron chi connectivity index (χ1n) is 6.12. The van der Waals surface area contributed by atoms with Crippen LogP contribution in [0.25, 0.3) is 0 Å². The van der Waals surface area contributed by atoms with Gasteiger partial charge in [-0.05, 0) is 5.56 Å². The smallest absolute Gasteiger partial charge is 0.327 e. The first-order valence-corrected chi connectivity index (χ1v) is 7.28. The summed E-state index contributed by atoms with van der Waals surface area (Å²) in [4.78, 5) is 32.9. The molecule has 1 rings (SSSR count). The third-order valence-corrected chi connectivity index (χ3v) is 3.81. The molecule has 0 aliphatic rings. The molecule has 1 aromatic rings. The number of carbonyl (C=O) groups excluding carboxylic acids is 2. The van der Waals surface area contributed by atoms with Crippen molar-refractivity contribution in [2.75, 3.05) is 11.5 Å². The normalized spacial score (nSPS) is 13.2. The van der Waals surface area contributed by atoms with Crippen molar-refractivity contribution in [2.45, 2.75) is 18.9 Å². The summed E-state index contributed by atoms with van der Waals surface area (Å²) in [6, 6.07) is 8.38. The van der Waals surface area contributed by atoms with Crippen LogP contribution in [-0.4, -0.2) is 40.8 Å². The van der Waals surface area contributed by atoms with Crippen molar-refractivity contribution in [1.29, 1.82) is 0 Å². The van der Waals surface area contributed by atoms with Gasteiger partial charge in [-0.15, -0.1) is 0 Å². The van der Waals surface area contributed by atoms with E-state index in [1.54, 1.807) is 0 Å². The molecule has 1 unspecified atom stereocenters. The number of aliphatic carboxylic acids is 1. The Morgan fingerprint density at radius 2 is 1.95 bits per heavy atom. The van der Waals surface area contributed by atoms with Crippen LogP contribution in [0, 0.1) is 0 Å². The Balaban J connectivity index is 2.50. The van der Waals surface area contributed by atoms with Crippen LogP contribution < -0.4 is 5.32 Å². The maximum atomic E-state index is 11.1. The van der Waals surface area contributed by atoms with E-state index in [1.807, 2.05) is 30.3 Å². The molecule has 108 valence electrons. The minimum Gasteiger partial charge on any atom is -0.480 e. The van der Waals surface area contributed by atoms with Gasteiger partial charge in [0.2, 0.25) is 5.91 Å². The molecule has 0 saturated carbocycles. The summed E-state index contributed by atoms with van der Waals surface area (Å²) >= 11 is 1.33. The topological polar surface area (TPSA) is 83.5 Å². The molecule has 1 aromatic carbocycles. The highest BCUT2D eigenvalue weighted by Gasteiger charge is 2.19. The lowest BCUT2D eigenvalue weighted by Crippen LogP contribution is -2.41. The highest BCUT2D eigenvalue weighted by Crippen LogP contribution is 2.19. The summed E-state index contributed by atoms with van der Waals surface area (Å²) < 4.78 is 0. The summed E-state index contributed by atoms with van der Waals surface area (Å²) in [5.41, 5.74) is 0.904. The van der Waals surface area contributed by atoms with Gasteiger partial charge in [0, 0.05) is 24.3 Å². The van der Waals surface area contributed by atoms with Gasteiger partial charge in [0.15, 0.2) is 0 Å². The number of carboxylic acids is 1. The number of thioether (sulfide) groups is 1. The van der Waals surface area contributed by atoms with Crippen LogP contribution in [0.2, 0.25) is 0 Å². The lowest BCUT2D eigenvalue weighted by atomic mass is 10.0. The van der Waals surface area contributed by atoms with Gasteiger partial charge < -0.3 is 15.2 Å². The molecule has 0 spiro atoms. The fourth-order valence-electron chi connectivity index (χ4n) is 1.65. The molecule has 0 fully saturated rings. The minimum atomic E-state index is -1.07. The lowest BCUT2D eigenvalue weighted by Gasteiger charge is -2.14. The second-order valence-electron chi connectivity index (χ2n) is 4.28. The zero-order chi connectivity index (χ0) is 15.0. The van der Waals surface area contributed by atoms with Crippen LogP contribution >= 0.6 is 11.8 Å². The van der Waals surface area contributed by atoms with Crippen molar-refractivity contribution in [3.05, 3.63) is 35.9 Å². The zero-order valence-electron chi connectivity index (χ0n) is 11.1. The van der Waals surface area contributed by atoms with Gasteiger partial charge in [-0.2, -0.15) is 11.8 Å². The number of amides is 1. The van der Waals surface area contributed by atoms with Gasteiger partial charge in [0.25, 0.3) is 0 Å². The summed E-state index contributed by atoms with van der Waals surface area (Å²) in [7, 11) is 0. The van der Waals surface area contributed by atoms with E-state index in [-0.39, 0.29) is 17.6 Å². The van der Waals surface area contributed by atoms with Crippen LogP contribution in [0.1, 0.15) is 18.4 Å². The van der Waals surface area contributed by atoms with E-state index in [1.165, 1.54) is 18.7 Å². The highest BCUT2D eigenvalue weighted by molar-refractivity contribution is 7.99. The quantitative estimate of drug-likeness (QED) is 0.706. The Morgan fingerprint density at radius 1 is 1.30 bits per heavy atom. The molecular weight excluding hydrogens is 278 g/mol. The summed E-state index contributed by atoms with van der Waals surface area (Å²) in [5, 5.41) is 11.3. The van der Waals surface area contributed by atoms with Crippen LogP contribution in [0.5, 0.6) is 0 Å². The van der Waals surface area contributed by atoms with Crippen molar-refractivity contribution in [3.8, 4) is 0 Å². The number of hydrogen-bond acceptors (Lipinski definition) is 4. The van der Waals surface area contributed by atoms with E-state index < -0.39 is 12.0 Å². The van der Waals surface area contributed by atoms with Crippen LogP contribution in [-0.2, 0) is 14.4 Å². The fourth-order valence-corrected chi connectivity index (χ4v) is 2.77. The van der Waals surface area contributed by atoms with E-state index >= 15 is 0 Å². The highest BCUT2D eigenvalue weighted by atomic mass is 32.2. The molecule has 0 heterocycles. The number of hydrogen-bond donors (Lipinski definition) is 2. The third-order valence-electron chi connectivity index (χ3n) is 2.65. The second-order valence-corrected chi connectivity index (χ2v) is 5.36.